The Labute approximate surface area is 113 Å². The van der Waals surface area contributed by atoms with Gasteiger partial charge in [0.2, 0.25) is 0 Å². The van der Waals surface area contributed by atoms with Gasteiger partial charge in [0.1, 0.15) is 17.4 Å². The topological polar surface area (TPSA) is 33.4 Å². The number of para-hydroxylation sites is 1. The van der Waals surface area contributed by atoms with Crippen molar-refractivity contribution in [2.24, 2.45) is 0 Å². The largest absolute Gasteiger partial charge is 0.458 e. The van der Waals surface area contributed by atoms with Crippen LogP contribution in [0.25, 0.3) is 11.0 Å². The normalized spacial score (nSPS) is 12.8. The summed E-state index contributed by atoms with van der Waals surface area (Å²) in [7, 11) is 0. The first kappa shape index (κ1) is 11.5. The first-order valence-electron chi connectivity index (χ1n) is 5.66. The van der Waals surface area contributed by atoms with Gasteiger partial charge in [-0.1, -0.05) is 46.3 Å². The number of benzene rings is 2. The number of hydrogen-bond acceptors (Lipinski definition) is 2. The van der Waals surface area contributed by atoms with Gasteiger partial charge in [-0.15, -0.1) is 0 Å². The van der Waals surface area contributed by atoms with E-state index in [1.54, 1.807) is 0 Å². The molecule has 0 amide bonds. The zero-order valence-corrected chi connectivity index (χ0v) is 11.1. The third kappa shape index (κ3) is 2.07. The maximum Gasteiger partial charge on any atom is 0.138 e. The van der Waals surface area contributed by atoms with Crippen LogP contribution >= 0.6 is 15.9 Å². The molecule has 1 unspecified atom stereocenters. The van der Waals surface area contributed by atoms with Crippen molar-refractivity contribution in [2.75, 3.05) is 0 Å². The molecule has 3 rings (SSSR count). The second kappa shape index (κ2) is 4.59. The van der Waals surface area contributed by atoms with Gasteiger partial charge in [-0.2, -0.15) is 0 Å². The standard InChI is InChI=1S/C15H11BrO2/c16-12-7-5-10(6-8-12)15(17)14-9-11-3-1-2-4-13(11)18-14/h1-9,15,17H. The Morgan fingerprint density at radius 2 is 1.72 bits per heavy atom. The predicted octanol–water partition coefficient (Wildman–Crippen LogP) is 4.28. The summed E-state index contributed by atoms with van der Waals surface area (Å²) >= 11 is 3.37. The van der Waals surface area contributed by atoms with Crippen molar-refractivity contribution in [1.29, 1.82) is 0 Å². The number of rotatable bonds is 2. The summed E-state index contributed by atoms with van der Waals surface area (Å²) in [5.41, 5.74) is 1.61. The highest BCUT2D eigenvalue weighted by Crippen LogP contribution is 2.28. The fourth-order valence-corrected chi connectivity index (χ4v) is 2.21. The third-order valence-electron chi connectivity index (χ3n) is 2.90. The molecule has 3 heteroatoms. The van der Waals surface area contributed by atoms with Gasteiger partial charge < -0.3 is 9.52 Å². The minimum atomic E-state index is -0.731. The van der Waals surface area contributed by atoms with E-state index in [9.17, 15) is 5.11 Å². The van der Waals surface area contributed by atoms with E-state index in [0.29, 0.717) is 5.76 Å². The molecule has 0 aliphatic rings. The molecule has 90 valence electrons. The first-order valence-corrected chi connectivity index (χ1v) is 6.45. The van der Waals surface area contributed by atoms with Gasteiger partial charge in [-0.05, 0) is 29.8 Å². The Kier molecular flexibility index (Phi) is 2.94. The van der Waals surface area contributed by atoms with Crippen molar-refractivity contribution in [2.45, 2.75) is 6.10 Å². The number of aliphatic hydroxyl groups excluding tert-OH is 1. The van der Waals surface area contributed by atoms with Crippen LogP contribution in [0.1, 0.15) is 17.4 Å². The molecule has 1 heterocycles. The Balaban J connectivity index is 2.00. The molecule has 0 saturated heterocycles. The summed E-state index contributed by atoms with van der Waals surface area (Å²) in [6.45, 7) is 0. The minimum absolute atomic E-state index is 0.568. The molecule has 3 aromatic rings. The highest BCUT2D eigenvalue weighted by molar-refractivity contribution is 9.10. The van der Waals surface area contributed by atoms with Crippen molar-refractivity contribution in [1.82, 2.24) is 0 Å². The van der Waals surface area contributed by atoms with E-state index in [2.05, 4.69) is 15.9 Å². The molecule has 0 bridgehead atoms. The van der Waals surface area contributed by atoms with E-state index in [0.717, 1.165) is 21.0 Å². The fourth-order valence-electron chi connectivity index (χ4n) is 1.95. The maximum absolute atomic E-state index is 10.3. The summed E-state index contributed by atoms with van der Waals surface area (Å²) in [5.74, 6) is 0.568. The highest BCUT2D eigenvalue weighted by Gasteiger charge is 2.15. The molecule has 0 fully saturated rings. The Morgan fingerprint density at radius 1 is 1.00 bits per heavy atom. The maximum atomic E-state index is 10.3. The average Bonchev–Trinajstić information content (AvgIpc) is 2.82. The van der Waals surface area contributed by atoms with Gasteiger partial charge in [0, 0.05) is 9.86 Å². The average molecular weight is 303 g/mol. The lowest BCUT2D eigenvalue weighted by atomic mass is 10.1. The zero-order chi connectivity index (χ0) is 12.5. The number of halogens is 1. The minimum Gasteiger partial charge on any atom is -0.458 e. The molecule has 1 atom stereocenters. The molecular weight excluding hydrogens is 292 g/mol. The Bertz CT molecular complexity index is 637. The van der Waals surface area contributed by atoms with Crippen LogP contribution in [0.5, 0.6) is 0 Å². The van der Waals surface area contributed by atoms with Gasteiger partial charge in [0.15, 0.2) is 0 Å². The number of fused-ring (bicyclic) bond motifs is 1. The van der Waals surface area contributed by atoms with Crippen molar-refractivity contribution in [3.05, 3.63) is 70.4 Å². The van der Waals surface area contributed by atoms with Gasteiger partial charge in [-0.3, -0.25) is 0 Å². The number of furan rings is 1. The van der Waals surface area contributed by atoms with E-state index in [1.165, 1.54) is 0 Å². The Morgan fingerprint density at radius 3 is 2.44 bits per heavy atom. The molecule has 0 aliphatic heterocycles. The monoisotopic (exact) mass is 302 g/mol. The SMILES string of the molecule is OC(c1ccc(Br)cc1)c1cc2ccccc2o1. The molecule has 0 radical (unpaired) electrons. The van der Waals surface area contributed by atoms with Crippen LogP contribution in [-0.4, -0.2) is 5.11 Å². The van der Waals surface area contributed by atoms with Crippen LogP contribution in [-0.2, 0) is 0 Å². The molecule has 2 nitrogen and oxygen atoms in total. The molecule has 0 aliphatic carbocycles. The molecule has 2 aromatic carbocycles. The first-order chi connectivity index (χ1) is 8.74. The lowest BCUT2D eigenvalue weighted by Gasteiger charge is -2.07. The van der Waals surface area contributed by atoms with Crippen molar-refractivity contribution in [3.63, 3.8) is 0 Å². The number of aliphatic hydroxyl groups is 1. The van der Waals surface area contributed by atoms with Crippen molar-refractivity contribution in [3.8, 4) is 0 Å². The second-order valence-corrected chi connectivity index (χ2v) is 5.06. The molecule has 1 N–H and O–H groups in total. The van der Waals surface area contributed by atoms with Crippen LogP contribution in [0.4, 0.5) is 0 Å². The smallest absolute Gasteiger partial charge is 0.138 e. The second-order valence-electron chi connectivity index (χ2n) is 4.14. The molecule has 18 heavy (non-hydrogen) atoms. The highest BCUT2D eigenvalue weighted by atomic mass is 79.9. The van der Waals surface area contributed by atoms with Crippen LogP contribution < -0.4 is 0 Å². The summed E-state index contributed by atoms with van der Waals surface area (Å²) in [4.78, 5) is 0. The van der Waals surface area contributed by atoms with Gasteiger partial charge in [0.05, 0.1) is 0 Å². The third-order valence-corrected chi connectivity index (χ3v) is 3.43. The van der Waals surface area contributed by atoms with Crippen LogP contribution in [0, 0.1) is 0 Å². The van der Waals surface area contributed by atoms with Crippen molar-refractivity contribution >= 4 is 26.9 Å². The van der Waals surface area contributed by atoms with E-state index in [1.807, 2.05) is 54.6 Å². The predicted molar refractivity (Wildman–Crippen MR) is 74.4 cm³/mol. The van der Waals surface area contributed by atoms with Crippen LogP contribution in [0.15, 0.2) is 63.5 Å². The van der Waals surface area contributed by atoms with E-state index >= 15 is 0 Å². The summed E-state index contributed by atoms with van der Waals surface area (Å²) < 4.78 is 6.64. The lowest BCUT2D eigenvalue weighted by Crippen LogP contribution is -1.97. The van der Waals surface area contributed by atoms with Gasteiger partial charge in [-0.25, -0.2) is 0 Å². The van der Waals surface area contributed by atoms with E-state index < -0.39 is 6.10 Å². The van der Waals surface area contributed by atoms with Crippen LogP contribution in [0.3, 0.4) is 0 Å². The quantitative estimate of drug-likeness (QED) is 0.766. The van der Waals surface area contributed by atoms with Crippen LogP contribution in [0.2, 0.25) is 0 Å². The van der Waals surface area contributed by atoms with E-state index in [-0.39, 0.29) is 0 Å². The zero-order valence-electron chi connectivity index (χ0n) is 9.51. The Hall–Kier alpha value is -1.58. The molecule has 0 spiro atoms. The van der Waals surface area contributed by atoms with Crippen molar-refractivity contribution < 1.29 is 9.52 Å². The number of hydrogen-bond donors (Lipinski definition) is 1. The summed E-state index contributed by atoms with van der Waals surface area (Å²) in [6, 6.07) is 17.2. The van der Waals surface area contributed by atoms with E-state index in [4.69, 9.17) is 4.42 Å². The lowest BCUT2D eigenvalue weighted by molar-refractivity contribution is 0.192. The summed E-state index contributed by atoms with van der Waals surface area (Å²) in [6.07, 6.45) is -0.731. The fraction of sp³-hybridized carbons (Fsp3) is 0.0667. The van der Waals surface area contributed by atoms with Gasteiger partial charge in [0.25, 0.3) is 0 Å². The molecule has 1 aromatic heterocycles. The van der Waals surface area contributed by atoms with Gasteiger partial charge >= 0.3 is 0 Å². The molecular formula is C15H11BrO2. The molecule has 0 saturated carbocycles. The summed E-state index contributed by atoms with van der Waals surface area (Å²) in [5, 5.41) is 11.3.